The van der Waals surface area contributed by atoms with E-state index in [1.807, 2.05) is 0 Å². The van der Waals surface area contributed by atoms with Crippen molar-refractivity contribution in [1.29, 1.82) is 0 Å². The van der Waals surface area contributed by atoms with Crippen molar-refractivity contribution in [3.05, 3.63) is 82.7 Å². The van der Waals surface area contributed by atoms with Gasteiger partial charge >= 0.3 is 26.2 Å². The van der Waals surface area contributed by atoms with E-state index in [0.29, 0.717) is 5.92 Å². The Hall–Kier alpha value is -0.947. The first-order chi connectivity index (χ1) is 11.9. The fourth-order valence-corrected chi connectivity index (χ4v) is 3.45. The van der Waals surface area contributed by atoms with Crippen LogP contribution in [0.15, 0.2) is 65.4 Å². The minimum Gasteiger partial charge on any atom is -1.00 e. The summed E-state index contributed by atoms with van der Waals surface area (Å²) in [5, 5.41) is 2.62. The van der Waals surface area contributed by atoms with Gasteiger partial charge in [-0.2, -0.15) is 11.1 Å². The molecule has 1 nitrogen and oxygen atoms in total. The molecule has 4 heteroatoms. The summed E-state index contributed by atoms with van der Waals surface area (Å²) < 4.78 is 2.25. The fraction of sp³-hybridized carbons (Fsp3) is 0.292. The molecule has 0 saturated carbocycles. The third-order valence-electron chi connectivity index (χ3n) is 5.27. The predicted octanol–water partition coefficient (Wildman–Crippen LogP) is 0.694. The summed E-state index contributed by atoms with van der Waals surface area (Å²) in [7, 11) is 0. The van der Waals surface area contributed by atoms with E-state index in [2.05, 4.69) is 101 Å². The molecule has 0 N–H and O–H groups in total. The average molecular weight is 492 g/mol. The van der Waals surface area contributed by atoms with Gasteiger partial charge < -0.3 is 29.4 Å². The van der Waals surface area contributed by atoms with Crippen molar-refractivity contribution < 1.29 is 51.0 Å². The fourth-order valence-electron chi connectivity index (χ4n) is 3.45. The van der Waals surface area contributed by atoms with Gasteiger partial charge in [-0.3, -0.25) is 6.08 Å². The van der Waals surface area contributed by atoms with Crippen LogP contribution in [0.4, 0.5) is 0 Å². The molecule has 1 aliphatic rings. The molecule has 1 aliphatic carbocycles. The van der Waals surface area contributed by atoms with E-state index in [0.717, 1.165) is 0 Å². The summed E-state index contributed by atoms with van der Waals surface area (Å²) in [6.07, 6.45) is 5.54. The summed E-state index contributed by atoms with van der Waals surface area (Å²) in [6, 6.07) is 15.2. The maximum absolute atomic E-state index is 3.36. The van der Waals surface area contributed by atoms with Crippen molar-refractivity contribution in [2.24, 2.45) is 5.92 Å². The minimum absolute atomic E-state index is 0. The van der Waals surface area contributed by atoms with Crippen LogP contribution in [0, 0.1) is 25.8 Å². The predicted molar refractivity (Wildman–Crippen MR) is 108 cm³/mol. The van der Waals surface area contributed by atoms with Gasteiger partial charge in [-0.15, -0.1) is 48.0 Å². The van der Waals surface area contributed by atoms with Gasteiger partial charge in [0.1, 0.15) is 0 Å². The maximum atomic E-state index is 3.36. The SMILES string of the molecule is CC1=[C-]C(C)C(C)=C1C.Cc1cc(C)n(-c2cc3ccccc3[cH-]2)c1.[Cl-].[Cl-].[Zr+4]. The molecule has 0 radical (unpaired) electrons. The summed E-state index contributed by atoms with van der Waals surface area (Å²) in [5.74, 6) is 0.560. The number of fused-ring (bicyclic) bond motifs is 1. The number of aromatic nitrogens is 1. The summed E-state index contributed by atoms with van der Waals surface area (Å²) in [5.41, 5.74) is 8.09. The largest absolute Gasteiger partial charge is 4.00 e. The number of allylic oxidation sites excluding steroid dienone is 4. The molecule has 1 unspecified atom stereocenters. The van der Waals surface area contributed by atoms with E-state index in [1.165, 1.54) is 44.4 Å². The van der Waals surface area contributed by atoms with Crippen LogP contribution >= 0.6 is 0 Å². The third-order valence-corrected chi connectivity index (χ3v) is 5.27. The molecule has 2 aromatic carbocycles. The number of benzene rings is 1. The van der Waals surface area contributed by atoms with Crippen molar-refractivity contribution >= 4 is 10.8 Å². The van der Waals surface area contributed by atoms with Crippen LogP contribution in [0.1, 0.15) is 39.0 Å². The molecule has 3 aromatic rings. The van der Waals surface area contributed by atoms with Crippen molar-refractivity contribution in [2.75, 3.05) is 0 Å². The second-order valence-corrected chi connectivity index (χ2v) is 7.17. The number of rotatable bonds is 1. The Balaban J connectivity index is 0.000000533. The Bertz CT molecular complexity index is 943. The normalized spacial score (nSPS) is 15.1. The minimum atomic E-state index is 0. The molecule has 0 amide bonds. The number of hydrogen-bond donors (Lipinski definition) is 0. The van der Waals surface area contributed by atoms with Crippen molar-refractivity contribution in [3.63, 3.8) is 0 Å². The second kappa shape index (κ2) is 11.3. The molecular formula is C24H27Cl2NZr. The zero-order valence-electron chi connectivity index (χ0n) is 17.4. The molecule has 1 heterocycles. The van der Waals surface area contributed by atoms with Crippen LogP contribution < -0.4 is 24.8 Å². The Kier molecular flexibility index (Phi) is 10.9. The van der Waals surface area contributed by atoms with Crippen LogP contribution in [0.2, 0.25) is 0 Å². The third kappa shape index (κ3) is 5.79. The van der Waals surface area contributed by atoms with Crippen LogP contribution in [-0.2, 0) is 26.2 Å². The first-order valence-corrected chi connectivity index (χ1v) is 8.96. The van der Waals surface area contributed by atoms with Crippen LogP contribution in [0.25, 0.3) is 16.5 Å². The summed E-state index contributed by atoms with van der Waals surface area (Å²) in [4.78, 5) is 0. The van der Waals surface area contributed by atoms with Crippen LogP contribution in [0.3, 0.4) is 0 Å². The van der Waals surface area contributed by atoms with Gasteiger partial charge in [-0.05, 0) is 31.2 Å². The Morgan fingerprint density at radius 2 is 1.61 bits per heavy atom. The number of halogens is 2. The van der Waals surface area contributed by atoms with E-state index in [1.54, 1.807) is 0 Å². The zero-order valence-corrected chi connectivity index (χ0v) is 21.4. The van der Waals surface area contributed by atoms with E-state index >= 15 is 0 Å². The molecule has 0 saturated heterocycles. The smallest absolute Gasteiger partial charge is 1.00 e. The molecule has 1 atom stereocenters. The standard InChI is InChI=1S/C15H14N.C9H13.2ClH.Zr/c1-11-7-12(2)16(10-11)15-8-13-5-3-4-6-14(13)9-15;1-6-5-7(2)9(4)8(6)3;;;/h3-10H,1-2H3;6H,1-4H3;2*1H;/q2*-1;;;+4/p-2. The van der Waals surface area contributed by atoms with Gasteiger partial charge in [0, 0.05) is 11.9 Å². The van der Waals surface area contributed by atoms with Gasteiger partial charge in [0.15, 0.2) is 0 Å². The molecule has 1 aromatic heterocycles. The van der Waals surface area contributed by atoms with E-state index < -0.39 is 0 Å². The van der Waals surface area contributed by atoms with Crippen molar-refractivity contribution in [1.82, 2.24) is 4.57 Å². The van der Waals surface area contributed by atoms with Gasteiger partial charge in [-0.25, -0.2) is 5.57 Å². The summed E-state index contributed by atoms with van der Waals surface area (Å²) in [6.45, 7) is 12.9. The molecule has 0 spiro atoms. The molecule has 0 aliphatic heterocycles. The maximum Gasteiger partial charge on any atom is 4.00 e. The van der Waals surface area contributed by atoms with Crippen LogP contribution in [-0.4, -0.2) is 4.57 Å². The zero-order chi connectivity index (χ0) is 18.1. The molecule has 4 rings (SSSR count). The van der Waals surface area contributed by atoms with Gasteiger partial charge in [-0.1, -0.05) is 32.8 Å². The Morgan fingerprint density at radius 1 is 0.964 bits per heavy atom. The van der Waals surface area contributed by atoms with Gasteiger partial charge in [0.2, 0.25) is 0 Å². The van der Waals surface area contributed by atoms with Gasteiger partial charge in [0.05, 0.1) is 0 Å². The molecule has 28 heavy (non-hydrogen) atoms. The van der Waals surface area contributed by atoms with E-state index in [4.69, 9.17) is 0 Å². The molecular weight excluding hydrogens is 464 g/mol. The second-order valence-electron chi connectivity index (χ2n) is 7.17. The van der Waals surface area contributed by atoms with Crippen LogP contribution in [0.5, 0.6) is 0 Å². The number of aryl methyl sites for hydroxylation is 2. The first kappa shape index (κ1) is 27.1. The van der Waals surface area contributed by atoms with Gasteiger partial charge in [0.25, 0.3) is 0 Å². The quantitative estimate of drug-likeness (QED) is 0.442. The van der Waals surface area contributed by atoms with Crippen molar-refractivity contribution in [3.8, 4) is 5.69 Å². The molecule has 0 bridgehead atoms. The molecule has 146 valence electrons. The monoisotopic (exact) mass is 489 g/mol. The number of nitrogens with zero attached hydrogens (tertiary/aromatic N) is 1. The van der Waals surface area contributed by atoms with Crippen molar-refractivity contribution in [2.45, 2.75) is 41.5 Å². The topological polar surface area (TPSA) is 4.93 Å². The Morgan fingerprint density at radius 3 is 2.04 bits per heavy atom. The Labute approximate surface area is 201 Å². The van der Waals surface area contributed by atoms with E-state index in [9.17, 15) is 0 Å². The van der Waals surface area contributed by atoms with E-state index in [-0.39, 0.29) is 51.0 Å². The average Bonchev–Trinajstić information content (AvgIpc) is 3.21. The first-order valence-electron chi connectivity index (χ1n) is 8.96. The molecule has 0 fully saturated rings. The summed E-state index contributed by atoms with van der Waals surface area (Å²) >= 11 is 0. The number of hydrogen-bond acceptors (Lipinski definition) is 0.